The number of hydrogen-bond donors (Lipinski definition) is 1. The van der Waals surface area contributed by atoms with Crippen molar-refractivity contribution in [3.63, 3.8) is 0 Å². The third-order valence-corrected chi connectivity index (χ3v) is 13.8. The van der Waals surface area contributed by atoms with Crippen LogP contribution < -0.4 is 10.4 Å². The SMILES string of the molecule is C[C@@H](CO)[C@@]1(C)CC[C@@H](CO[Si](c2ccccc2)(c2ccccc2)C(C)(C)C)C1(C)C. The van der Waals surface area contributed by atoms with Crippen molar-refractivity contribution >= 4 is 18.7 Å². The van der Waals surface area contributed by atoms with Crippen LogP contribution in [-0.4, -0.2) is 26.6 Å². The lowest BCUT2D eigenvalue weighted by molar-refractivity contribution is -0.00433. The third kappa shape index (κ3) is 4.05. The Balaban J connectivity index is 2.02. The Labute approximate surface area is 191 Å². The first-order valence-electron chi connectivity index (χ1n) is 11.9. The molecule has 1 aliphatic rings. The quantitative estimate of drug-likeness (QED) is 0.567. The highest BCUT2D eigenvalue weighted by molar-refractivity contribution is 6.99. The monoisotopic (exact) mass is 438 g/mol. The number of aliphatic hydroxyl groups excluding tert-OH is 1. The molecule has 2 nitrogen and oxygen atoms in total. The van der Waals surface area contributed by atoms with Crippen molar-refractivity contribution in [3.05, 3.63) is 60.7 Å². The van der Waals surface area contributed by atoms with Gasteiger partial charge in [-0.05, 0) is 50.9 Å². The maximum absolute atomic E-state index is 9.92. The van der Waals surface area contributed by atoms with E-state index in [-0.39, 0.29) is 22.5 Å². The average Bonchev–Trinajstić information content (AvgIpc) is 2.98. The van der Waals surface area contributed by atoms with E-state index in [2.05, 4.69) is 109 Å². The highest BCUT2D eigenvalue weighted by Crippen LogP contribution is 2.59. The normalized spacial score (nSPS) is 24.8. The number of benzene rings is 2. The maximum atomic E-state index is 9.92. The Hall–Kier alpha value is -1.42. The van der Waals surface area contributed by atoms with E-state index in [0.717, 1.165) is 19.4 Å². The fourth-order valence-corrected chi connectivity index (χ4v) is 10.6. The van der Waals surface area contributed by atoms with Crippen LogP contribution in [0.4, 0.5) is 0 Å². The second-order valence-corrected chi connectivity index (χ2v) is 15.7. The minimum atomic E-state index is -2.51. The molecule has 2 aromatic carbocycles. The van der Waals surface area contributed by atoms with Crippen molar-refractivity contribution in [2.75, 3.05) is 13.2 Å². The van der Waals surface area contributed by atoms with Crippen LogP contribution in [0.1, 0.15) is 61.3 Å². The van der Waals surface area contributed by atoms with Crippen LogP contribution in [0.2, 0.25) is 5.04 Å². The van der Waals surface area contributed by atoms with Gasteiger partial charge >= 0.3 is 0 Å². The molecule has 170 valence electrons. The Morgan fingerprint density at radius 3 is 1.87 bits per heavy atom. The first kappa shape index (κ1) is 24.2. The van der Waals surface area contributed by atoms with Gasteiger partial charge in [0.2, 0.25) is 0 Å². The van der Waals surface area contributed by atoms with Gasteiger partial charge in [0.15, 0.2) is 0 Å². The lowest BCUT2D eigenvalue weighted by atomic mass is 9.60. The van der Waals surface area contributed by atoms with Gasteiger partial charge in [-0.25, -0.2) is 0 Å². The highest BCUT2D eigenvalue weighted by Gasteiger charge is 2.56. The van der Waals surface area contributed by atoms with Gasteiger partial charge in [-0.15, -0.1) is 0 Å². The minimum Gasteiger partial charge on any atom is -0.407 e. The summed E-state index contributed by atoms with van der Waals surface area (Å²) in [7, 11) is -2.51. The second kappa shape index (κ2) is 8.84. The van der Waals surface area contributed by atoms with Gasteiger partial charge in [0.25, 0.3) is 8.32 Å². The average molecular weight is 439 g/mol. The van der Waals surface area contributed by atoms with E-state index in [4.69, 9.17) is 4.43 Å². The summed E-state index contributed by atoms with van der Waals surface area (Å²) in [5.74, 6) is 0.772. The fraction of sp³-hybridized carbons (Fsp3) is 0.571. The van der Waals surface area contributed by atoms with Crippen molar-refractivity contribution in [3.8, 4) is 0 Å². The summed E-state index contributed by atoms with van der Waals surface area (Å²) in [4.78, 5) is 0. The Morgan fingerprint density at radius 2 is 1.45 bits per heavy atom. The molecule has 1 N–H and O–H groups in total. The predicted molar refractivity (Wildman–Crippen MR) is 134 cm³/mol. The summed E-state index contributed by atoms with van der Waals surface area (Å²) in [5.41, 5.74) is 0.238. The van der Waals surface area contributed by atoms with Crippen molar-refractivity contribution in [2.24, 2.45) is 22.7 Å². The van der Waals surface area contributed by atoms with Gasteiger partial charge in [-0.3, -0.25) is 0 Å². The van der Waals surface area contributed by atoms with Crippen molar-refractivity contribution in [2.45, 2.75) is 66.3 Å². The molecule has 31 heavy (non-hydrogen) atoms. The molecule has 0 saturated heterocycles. The second-order valence-electron chi connectivity index (χ2n) is 11.4. The molecule has 0 unspecified atom stereocenters. The van der Waals surface area contributed by atoms with Gasteiger partial charge in [0.05, 0.1) is 0 Å². The molecule has 0 bridgehead atoms. The highest BCUT2D eigenvalue weighted by atomic mass is 28.4. The first-order chi connectivity index (χ1) is 14.5. The van der Waals surface area contributed by atoms with E-state index in [9.17, 15) is 5.11 Å². The molecule has 3 heteroatoms. The molecule has 3 atom stereocenters. The first-order valence-corrected chi connectivity index (χ1v) is 13.8. The molecule has 1 aliphatic carbocycles. The van der Waals surface area contributed by atoms with Crippen LogP contribution >= 0.6 is 0 Å². The Kier molecular flexibility index (Phi) is 6.91. The van der Waals surface area contributed by atoms with E-state index < -0.39 is 8.32 Å². The van der Waals surface area contributed by atoms with Crippen molar-refractivity contribution < 1.29 is 9.53 Å². The number of rotatable bonds is 7. The smallest absolute Gasteiger partial charge is 0.261 e. The molecule has 2 aromatic rings. The number of hydrogen-bond acceptors (Lipinski definition) is 2. The van der Waals surface area contributed by atoms with Crippen LogP contribution in [0, 0.1) is 22.7 Å². The van der Waals surface area contributed by atoms with Crippen molar-refractivity contribution in [1.82, 2.24) is 0 Å². The largest absolute Gasteiger partial charge is 0.407 e. The molecule has 0 aliphatic heterocycles. The zero-order chi connectivity index (χ0) is 22.9. The predicted octanol–water partition coefficient (Wildman–Crippen LogP) is 5.63. The van der Waals surface area contributed by atoms with Gasteiger partial charge in [-0.1, -0.05) is 109 Å². The standard InChI is InChI=1S/C28H42O2Si/c1-22(20-29)28(7)19-18-23(27(28,5)6)21-30-31(26(2,3)4,24-14-10-8-11-15-24)25-16-12-9-13-17-25/h8-17,22-23,29H,18-21H2,1-7H3/t22-,23-,28+/m0/s1. The van der Waals surface area contributed by atoms with E-state index in [0.29, 0.717) is 11.8 Å². The van der Waals surface area contributed by atoms with Crippen molar-refractivity contribution in [1.29, 1.82) is 0 Å². The fourth-order valence-electron chi connectivity index (χ4n) is 5.99. The lowest BCUT2D eigenvalue weighted by Gasteiger charge is -2.47. The molecule has 3 rings (SSSR count). The van der Waals surface area contributed by atoms with Crippen LogP contribution in [0.15, 0.2) is 60.7 Å². The zero-order valence-electron chi connectivity index (χ0n) is 20.6. The third-order valence-electron chi connectivity index (χ3n) is 8.78. The summed E-state index contributed by atoms with van der Waals surface area (Å²) in [6, 6.07) is 21.8. The van der Waals surface area contributed by atoms with E-state index >= 15 is 0 Å². The molecule has 1 saturated carbocycles. The molecule has 0 aromatic heterocycles. The van der Waals surface area contributed by atoms with E-state index in [1.165, 1.54) is 10.4 Å². The van der Waals surface area contributed by atoms with Crippen LogP contribution in [-0.2, 0) is 4.43 Å². The Bertz CT molecular complexity index is 801. The zero-order valence-corrected chi connectivity index (χ0v) is 21.6. The van der Waals surface area contributed by atoms with Gasteiger partial charge in [-0.2, -0.15) is 0 Å². The molecular formula is C28H42O2Si. The summed E-state index contributed by atoms with van der Waals surface area (Å²) < 4.78 is 7.27. The molecule has 0 amide bonds. The van der Waals surface area contributed by atoms with Crippen LogP contribution in [0.3, 0.4) is 0 Å². The molecule has 0 spiro atoms. The molecule has 1 fully saturated rings. The summed E-state index contributed by atoms with van der Waals surface area (Å²) >= 11 is 0. The minimum absolute atomic E-state index is 0.000146. The molecule has 0 heterocycles. The summed E-state index contributed by atoms with van der Waals surface area (Å²) in [5, 5.41) is 12.6. The Morgan fingerprint density at radius 1 is 0.968 bits per heavy atom. The van der Waals surface area contributed by atoms with E-state index in [1.54, 1.807) is 0 Å². The van der Waals surface area contributed by atoms with Gasteiger partial charge in [0, 0.05) is 13.2 Å². The lowest BCUT2D eigenvalue weighted by Crippen LogP contribution is -2.67. The summed E-state index contributed by atoms with van der Waals surface area (Å²) in [6.07, 6.45) is 2.31. The molecular weight excluding hydrogens is 396 g/mol. The number of aliphatic hydroxyl groups is 1. The van der Waals surface area contributed by atoms with Gasteiger partial charge in [0.1, 0.15) is 0 Å². The summed E-state index contributed by atoms with van der Waals surface area (Å²) in [6.45, 7) is 17.4. The van der Waals surface area contributed by atoms with Crippen LogP contribution in [0.25, 0.3) is 0 Å². The molecule has 0 radical (unpaired) electrons. The van der Waals surface area contributed by atoms with Gasteiger partial charge < -0.3 is 9.53 Å². The maximum Gasteiger partial charge on any atom is 0.261 e. The van der Waals surface area contributed by atoms with E-state index in [1.807, 2.05) is 0 Å². The van der Waals surface area contributed by atoms with Crippen LogP contribution in [0.5, 0.6) is 0 Å². The topological polar surface area (TPSA) is 29.5 Å².